The largest absolute Gasteiger partial charge is 0.492 e. The quantitative estimate of drug-likeness (QED) is 0.808. The molecule has 0 unspecified atom stereocenters. The van der Waals surface area contributed by atoms with Crippen LogP contribution in [-0.2, 0) is 0 Å². The van der Waals surface area contributed by atoms with Gasteiger partial charge < -0.3 is 10.5 Å². The van der Waals surface area contributed by atoms with Crippen LogP contribution < -0.4 is 10.5 Å². The lowest BCUT2D eigenvalue weighted by atomic mass is 9.88. The molecule has 0 aliphatic rings. The SMILES string of the molecule is CC(C)(CN)CCCOc1cnc2ccccc2c1. The zero-order valence-corrected chi connectivity index (χ0v) is 11.7. The molecule has 1 aromatic carbocycles. The Bertz CT molecular complexity index is 537. The molecule has 0 radical (unpaired) electrons. The summed E-state index contributed by atoms with van der Waals surface area (Å²) in [6.07, 6.45) is 3.87. The molecule has 0 spiro atoms. The minimum absolute atomic E-state index is 0.199. The Morgan fingerprint density at radius 3 is 2.84 bits per heavy atom. The molecule has 0 aliphatic carbocycles. The Kier molecular flexibility index (Phi) is 4.38. The number of nitrogens with two attached hydrogens (primary N) is 1. The van der Waals surface area contributed by atoms with Crippen molar-refractivity contribution in [2.75, 3.05) is 13.2 Å². The van der Waals surface area contributed by atoms with E-state index in [2.05, 4.69) is 18.8 Å². The monoisotopic (exact) mass is 258 g/mol. The second-order valence-electron chi connectivity index (χ2n) is 5.68. The highest BCUT2D eigenvalue weighted by Gasteiger charge is 2.14. The maximum Gasteiger partial charge on any atom is 0.138 e. The lowest BCUT2D eigenvalue weighted by Crippen LogP contribution is -2.23. The highest BCUT2D eigenvalue weighted by Crippen LogP contribution is 2.21. The number of fused-ring (bicyclic) bond motifs is 1. The van der Waals surface area contributed by atoms with E-state index in [0.717, 1.165) is 29.5 Å². The number of ether oxygens (including phenoxy) is 1. The maximum atomic E-state index is 5.75. The van der Waals surface area contributed by atoms with E-state index in [4.69, 9.17) is 10.5 Å². The molecule has 2 N–H and O–H groups in total. The van der Waals surface area contributed by atoms with Gasteiger partial charge in [0.25, 0.3) is 0 Å². The molecule has 2 rings (SSSR count). The van der Waals surface area contributed by atoms with Gasteiger partial charge in [0.15, 0.2) is 0 Å². The Labute approximate surface area is 114 Å². The van der Waals surface area contributed by atoms with E-state index >= 15 is 0 Å². The minimum atomic E-state index is 0.199. The highest BCUT2D eigenvalue weighted by molar-refractivity contribution is 5.79. The van der Waals surface area contributed by atoms with E-state index in [1.807, 2.05) is 30.3 Å². The minimum Gasteiger partial charge on any atom is -0.492 e. The van der Waals surface area contributed by atoms with Crippen molar-refractivity contribution >= 4 is 10.9 Å². The van der Waals surface area contributed by atoms with E-state index in [0.29, 0.717) is 13.2 Å². The standard InChI is InChI=1S/C16H22N2O/c1-16(2,12-17)8-5-9-19-14-10-13-6-3-4-7-15(13)18-11-14/h3-4,6-7,10-11H,5,8-9,12,17H2,1-2H3. The first-order chi connectivity index (χ1) is 9.11. The van der Waals surface area contributed by atoms with Gasteiger partial charge in [-0.25, -0.2) is 0 Å². The topological polar surface area (TPSA) is 48.1 Å². The number of benzene rings is 1. The van der Waals surface area contributed by atoms with Crippen LogP contribution in [0.3, 0.4) is 0 Å². The van der Waals surface area contributed by atoms with Crippen LogP contribution >= 0.6 is 0 Å². The molecule has 0 atom stereocenters. The van der Waals surface area contributed by atoms with Crippen molar-refractivity contribution in [1.82, 2.24) is 4.98 Å². The molecule has 19 heavy (non-hydrogen) atoms. The van der Waals surface area contributed by atoms with Gasteiger partial charge in [-0.3, -0.25) is 4.98 Å². The predicted molar refractivity (Wildman–Crippen MR) is 79.3 cm³/mol. The third-order valence-corrected chi connectivity index (χ3v) is 3.38. The Hall–Kier alpha value is -1.61. The summed E-state index contributed by atoms with van der Waals surface area (Å²) in [5.41, 5.74) is 6.91. The van der Waals surface area contributed by atoms with Crippen molar-refractivity contribution in [3.63, 3.8) is 0 Å². The third-order valence-electron chi connectivity index (χ3n) is 3.38. The van der Waals surface area contributed by atoms with Crippen LogP contribution in [-0.4, -0.2) is 18.1 Å². The van der Waals surface area contributed by atoms with E-state index in [1.165, 1.54) is 0 Å². The summed E-state index contributed by atoms with van der Waals surface area (Å²) in [5.74, 6) is 0.837. The fraction of sp³-hybridized carbons (Fsp3) is 0.438. The summed E-state index contributed by atoms with van der Waals surface area (Å²) >= 11 is 0. The molecular formula is C16H22N2O. The molecule has 3 heteroatoms. The van der Waals surface area contributed by atoms with Crippen LogP contribution in [0.15, 0.2) is 36.5 Å². The maximum absolute atomic E-state index is 5.75. The smallest absolute Gasteiger partial charge is 0.138 e. The van der Waals surface area contributed by atoms with Crippen molar-refractivity contribution in [3.8, 4) is 5.75 Å². The van der Waals surface area contributed by atoms with E-state index in [-0.39, 0.29) is 5.41 Å². The fourth-order valence-electron chi connectivity index (χ4n) is 1.97. The average molecular weight is 258 g/mol. The first-order valence-corrected chi connectivity index (χ1v) is 6.78. The van der Waals surface area contributed by atoms with Gasteiger partial charge in [-0.1, -0.05) is 32.0 Å². The second-order valence-corrected chi connectivity index (χ2v) is 5.68. The molecule has 0 saturated carbocycles. The van der Waals surface area contributed by atoms with Crippen molar-refractivity contribution in [2.24, 2.45) is 11.1 Å². The summed E-state index contributed by atoms with van der Waals surface area (Å²) in [7, 11) is 0. The predicted octanol–water partition coefficient (Wildman–Crippen LogP) is 3.38. The van der Waals surface area contributed by atoms with Crippen LogP contribution in [0.4, 0.5) is 0 Å². The van der Waals surface area contributed by atoms with Crippen LogP contribution in [0.2, 0.25) is 0 Å². The van der Waals surface area contributed by atoms with E-state index in [1.54, 1.807) is 6.20 Å². The molecule has 0 bridgehead atoms. The molecule has 0 saturated heterocycles. The van der Waals surface area contributed by atoms with Crippen molar-refractivity contribution in [2.45, 2.75) is 26.7 Å². The van der Waals surface area contributed by atoms with Gasteiger partial charge in [0.2, 0.25) is 0 Å². The summed E-state index contributed by atoms with van der Waals surface area (Å²) in [6, 6.07) is 10.1. The first kappa shape index (κ1) is 13.8. The molecule has 0 fully saturated rings. The summed E-state index contributed by atoms with van der Waals surface area (Å²) < 4.78 is 5.75. The van der Waals surface area contributed by atoms with Gasteiger partial charge in [-0.05, 0) is 36.9 Å². The summed E-state index contributed by atoms with van der Waals surface area (Å²) in [4.78, 5) is 4.38. The number of hydrogen-bond acceptors (Lipinski definition) is 3. The number of nitrogens with zero attached hydrogens (tertiary/aromatic N) is 1. The van der Waals surface area contributed by atoms with Gasteiger partial charge in [-0.15, -0.1) is 0 Å². The molecular weight excluding hydrogens is 236 g/mol. The van der Waals surface area contributed by atoms with Crippen molar-refractivity contribution in [3.05, 3.63) is 36.5 Å². The molecule has 2 aromatic rings. The zero-order valence-electron chi connectivity index (χ0n) is 11.7. The number of pyridine rings is 1. The second kappa shape index (κ2) is 6.02. The first-order valence-electron chi connectivity index (χ1n) is 6.78. The summed E-state index contributed by atoms with van der Waals surface area (Å²) in [6.45, 7) is 5.79. The number of hydrogen-bond donors (Lipinski definition) is 1. The van der Waals surface area contributed by atoms with Gasteiger partial charge in [-0.2, -0.15) is 0 Å². The molecule has 1 heterocycles. The number of para-hydroxylation sites is 1. The molecule has 1 aromatic heterocycles. The van der Waals surface area contributed by atoms with Gasteiger partial charge in [0.05, 0.1) is 18.3 Å². The lowest BCUT2D eigenvalue weighted by molar-refractivity contribution is 0.260. The number of rotatable bonds is 6. The van der Waals surface area contributed by atoms with Gasteiger partial charge >= 0.3 is 0 Å². The van der Waals surface area contributed by atoms with Crippen molar-refractivity contribution < 1.29 is 4.74 Å². The average Bonchev–Trinajstić information content (AvgIpc) is 2.43. The zero-order chi connectivity index (χ0) is 13.7. The van der Waals surface area contributed by atoms with Crippen LogP contribution in [0.25, 0.3) is 10.9 Å². The molecule has 102 valence electrons. The Balaban J connectivity index is 1.88. The van der Waals surface area contributed by atoms with Crippen LogP contribution in [0, 0.1) is 5.41 Å². The normalized spacial score (nSPS) is 11.7. The molecule has 0 aliphatic heterocycles. The van der Waals surface area contributed by atoms with E-state index < -0.39 is 0 Å². The van der Waals surface area contributed by atoms with Gasteiger partial charge in [0.1, 0.15) is 5.75 Å². The Morgan fingerprint density at radius 2 is 2.05 bits per heavy atom. The fourth-order valence-corrected chi connectivity index (χ4v) is 1.97. The molecule has 3 nitrogen and oxygen atoms in total. The number of aromatic nitrogens is 1. The molecule has 0 amide bonds. The van der Waals surface area contributed by atoms with Gasteiger partial charge in [0, 0.05) is 5.39 Å². The van der Waals surface area contributed by atoms with E-state index in [9.17, 15) is 0 Å². The lowest BCUT2D eigenvalue weighted by Gasteiger charge is -2.21. The third kappa shape index (κ3) is 3.93. The Morgan fingerprint density at radius 1 is 1.26 bits per heavy atom. The van der Waals surface area contributed by atoms with Crippen LogP contribution in [0.1, 0.15) is 26.7 Å². The van der Waals surface area contributed by atoms with Crippen molar-refractivity contribution in [1.29, 1.82) is 0 Å². The highest BCUT2D eigenvalue weighted by atomic mass is 16.5. The summed E-state index contributed by atoms with van der Waals surface area (Å²) in [5, 5.41) is 1.11. The van der Waals surface area contributed by atoms with Crippen LogP contribution in [0.5, 0.6) is 5.75 Å².